The van der Waals surface area contributed by atoms with E-state index in [1.54, 1.807) is 0 Å². The van der Waals surface area contributed by atoms with Crippen LogP contribution < -0.4 is 0 Å². The molecule has 3 atom stereocenters. The number of hydrogen-bond donors (Lipinski definition) is 1. The third-order valence-electron chi connectivity index (χ3n) is 4.00. The van der Waals surface area contributed by atoms with E-state index in [-0.39, 0.29) is 13.2 Å². The van der Waals surface area contributed by atoms with Crippen molar-refractivity contribution in [3.8, 4) is 0 Å². The van der Waals surface area contributed by atoms with E-state index in [2.05, 4.69) is 10.1 Å². The van der Waals surface area contributed by atoms with Crippen molar-refractivity contribution in [2.75, 3.05) is 6.61 Å². The fourth-order valence-electron chi connectivity index (χ4n) is 3.26. The molecule has 1 aromatic rings. The zero-order chi connectivity index (χ0) is 12.5. The summed E-state index contributed by atoms with van der Waals surface area (Å²) in [4.78, 5) is 14.6. The van der Waals surface area contributed by atoms with Crippen molar-refractivity contribution in [2.24, 2.45) is 11.8 Å². The van der Waals surface area contributed by atoms with E-state index in [4.69, 9.17) is 14.4 Å². The Morgan fingerprint density at radius 1 is 1.44 bits per heavy atom. The normalized spacial score (nSPS) is 29.9. The molecule has 2 fully saturated rings. The highest BCUT2D eigenvalue weighted by molar-refractivity contribution is 5.67. The third kappa shape index (κ3) is 2.25. The van der Waals surface area contributed by atoms with Crippen molar-refractivity contribution in [2.45, 2.75) is 38.2 Å². The second-order valence-corrected chi connectivity index (χ2v) is 5.21. The van der Waals surface area contributed by atoms with Gasteiger partial charge in [0, 0.05) is 5.92 Å². The molecule has 2 saturated carbocycles. The van der Waals surface area contributed by atoms with Gasteiger partial charge in [0.05, 0.1) is 0 Å². The molecule has 2 aliphatic rings. The van der Waals surface area contributed by atoms with Gasteiger partial charge in [0.25, 0.3) is 5.89 Å². The smallest absolute Gasteiger partial charge is 0.329 e. The van der Waals surface area contributed by atoms with Crippen molar-refractivity contribution < 1.29 is 19.2 Å². The van der Waals surface area contributed by atoms with Gasteiger partial charge in [-0.1, -0.05) is 11.6 Å². The lowest BCUT2D eigenvalue weighted by Gasteiger charge is -2.17. The lowest BCUT2D eigenvalue weighted by molar-refractivity contribution is -0.142. The summed E-state index contributed by atoms with van der Waals surface area (Å²) in [6.45, 7) is -0.272. The minimum Gasteiger partial charge on any atom is -0.480 e. The maximum atomic E-state index is 10.3. The summed E-state index contributed by atoms with van der Waals surface area (Å²) in [6, 6.07) is 0. The standard InChI is InChI=1S/C12H16N2O4/c15-11(16)6-17-5-10-13-12(14-18-10)9-4-7-1-2-8(9)3-7/h7-9H,1-6H2,(H,15,16). The molecule has 2 aliphatic carbocycles. The molecule has 1 aromatic heterocycles. The van der Waals surface area contributed by atoms with E-state index in [0.717, 1.165) is 11.7 Å². The molecule has 6 nitrogen and oxygen atoms in total. The van der Waals surface area contributed by atoms with Crippen LogP contribution in [0.25, 0.3) is 0 Å². The summed E-state index contributed by atoms with van der Waals surface area (Å²) in [7, 11) is 0. The fourth-order valence-corrected chi connectivity index (χ4v) is 3.26. The molecular weight excluding hydrogens is 236 g/mol. The molecule has 6 heteroatoms. The topological polar surface area (TPSA) is 85.5 Å². The van der Waals surface area contributed by atoms with Gasteiger partial charge in [-0.05, 0) is 31.1 Å². The van der Waals surface area contributed by atoms with Crippen molar-refractivity contribution in [3.63, 3.8) is 0 Å². The van der Waals surface area contributed by atoms with Crippen LogP contribution in [-0.4, -0.2) is 27.8 Å². The van der Waals surface area contributed by atoms with Crippen molar-refractivity contribution in [1.82, 2.24) is 10.1 Å². The SMILES string of the molecule is O=C(O)COCc1nc(C2CC3CCC2C3)no1. The number of nitrogens with zero attached hydrogens (tertiary/aromatic N) is 2. The van der Waals surface area contributed by atoms with Crippen LogP contribution in [0, 0.1) is 11.8 Å². The van der Waals surface area contributed by atoms with E-state index in [1.165, 1.54) is 25.7 Å². The highest BCUT2D eigenvalue weighted by atomic mass is 16.5. The molecule has 3 rings (SSSR count). The zero-order valence-electron chi connectivity index (χ0n) is 10.0. The van der Waals surface area contributed by atoms with Gasteiger partial charge in [0.2, 0.25) is 0 Å². The van der Waals surface area contributed by atoms with Crippen LogP contribution in [-0.2, 0) is 16.1 Å². The van der Waals surface area contributed by atoms with Gasteiger partial charge in [-0.15, -0.1) is 0 Å². The van der Waals surface area contributed by atoms with Gasteiger partial charge in [-0.3, -0.25) is 0 Å². The van der Waals surface area contributed by atoms with Gasteiger partial charge in [0.15, 0.2) is 5.82 Å². The van der Waals surface area contributed by atoms with Crippen LogP contribution in [0.5, 0.6) is 0 Å². The largest absolute Gasteiger partial charge is 0.480 e. The Balaban J connectivity index is 1.58. The predicted octanol–water partition coefficient (Wildman–Crippen LogP) is 1.57. The molecule has 2 bridgehead atoms. The van der Waals surface area contributed by atoms with Crippen molar-refractivity contribution >= 4 is 5.97 Å². The number of fused-ring (bicyclic) bond motifs is 2. The van der Waals surface area contributed by atoms with Crippen LogP contribution in [0.3, 0.4) is 0 Å². The maximum absolute atomic E-state index is 10.3. The van der Waals surface area contributed by atoms with Crippen molar-refractivity contribution in [1.29, 1.82) is 0 Å². The number of hydrogen-bond acceptors (Lipinski definition) is 5. The first kappa shape index (κ1) is 11.6. The van der Waals surface area contributed by atoms with Gasteiger partial charge in [0.1, 0.15) is 13.2 Å². The summed E-state index contributed by atoms with van der Waals surface area (Å²) >= 11 is 0. The quantitative estimate of drug-likeness (QED) is 0.856. The van der Waals surface area contributed by atoms with E-state index >= 15 is 0 Å². The second kappa shape index (κ2) is 4.68. The number of carbonyl (C=O) groups is 1. The van der Waals surface area contributed by atoms with Crippen LogP contribution >= 0.6 is 0 Å². The zero-order valence-corrected chi connectivity index (χ0v) is 10.0. The molecule has 1 heterocycles. The minimum absolute atomic E-state index is 0.0696. The predicted molar refractivity (Wildman–Crippen MR) is 59.8 cm³/mol. The van der Waals surface area contributed by atoms with Crippen molar-refractivity contribution in [3.05, 3.63) is 11.7 Å². The third-order valence-corrected chi connectivity index (χ3v) is 4.00. The Bertz CT molecular complexity index is 445. The average Bonchev–Trinajstić information content (AvgIpc) is 3.03. The van der Waals surface area contributed by atoms with E-state index < -0.39 is 5.97 Å². The number of ether oxygens (including phenoxy) is 1. The van der Waals surface area contributed by atoms with Crippen LogP contribution in [0.2, 0.25) is 0 Å². The lowest BCUT2D eigenvalue weighted by Crippen LogP contribution is -2.10. The molecule has 1 N–H and O–H groups in total. The Kier molecular flexibility index (Phi) is 3.03. The maximum Gasteiger partial charge on any atom is 0.329 e. The molecule has 0 saturated heterocycles. The molecule has 98 valence electrons. The molecule has 0 radical (unpaired) electrons. The highest BCUT2D eigenvalue weighted by Crippen LogP contribution is 2.52. The number of carboxylic acids is 1. The van der Waals surface area contributed by atoms with E-state index in [0.29, 0.717) is 17.7 Å². The molecule has 0 aromatic carbocycles. The highest BCUT2D eigenvalue weighted by Gasteiger charge is 2.42. The molecule has 0 aliphatic heterocycles. The Labute approximate surface area is 104 Å². The summed E-state index contributed by atoms with van der Waals surface area (Å²) < 4.78 is 10.0. The second-order valence-electron chi connectivity index (χ2n) is 5.21. The first-order valence-electron chi connectivity index (χ1n) is 6.34. The summed E-state index contributed by atoms with van der Waals surface area (Å²) in [5.74, 6) is 2.12. The summed E-state index contributed by atoms with van der Waals surface area (Å²) in [6.07, 6.45) is 5.08. The number of rotatable bonds is 5. The molecule has 0 spiro atoms. The number of carboxylic acid groups (broad SMARTS) is 1. The molecular formula is C12H16N2O4. The summed E-state index contributed by atoms with van der Waals surface area (Å²) in [5, 5.41) is 12.5. The number of aliphatic carboxylic acids is 1. The van der Waals surface area contributed by atoms with Gasteiger partial charge in [-0.2, -0.15) is 4.98 Å². The van der Waals surface area contributed by atoms with Gasteiger partial charge in [-0.25, -0.2) is 4.79 Å². The monoisotopic (exact) mass is 252 g/mol. The fraction of sp³-hybridized carbons (Fsp3) is 0.750. The average molecular weight is 252 g/mol. The Morgan fingerprint density at radius 2 is 2.33 bits per heavy atom. The summed E-state index contributed by atoms with van der Waals surface area (Å²) in [5.41, 5.74) is 0. The first-order valence-corrected chi connectivity index (χ1v) is 6.34. The minimum atomic E-state index is -0.997. The molecule has 0 amide bonds. The Morgan fingerprint density at radius 3 is 3.00 bits per heavy atom. The van der Waals surface area contributed by atoms with E-state index in [1.807, 2.05) is 0 Å². The van der Waals surface area contributed by atoms with Gasteiger partial charge < -0.3 is 14.4 Å². The lowest BCUT2D eigenvalue weighted by atomic mass is 9.88. The Hall–Kier alpha value is -1.43. The first-order chi connectivity index (χ1) is 8.72. The van der Waals surface area contributed by atoms with Crippen LogP contribution in [0.4, 0.5) is 0 Å². The van der Waals surface area contributed by atoms with Gasteiger partial charge >= 0.3 is 5.97 Å². The molecule has 3 unspecified atom stereocenters. The van der Waals surface area contributed by atoms with E-state index in [9.17, 15) is 4.79 Å². The van der Waals surface area contributed by atoms with Crippen LogP contribution in [0.15, 0.2) is 4.52 Å². The molecule has 18 heavy (non-hydrogen) atoms. The number of aromatic nitrogens is 2. The van der Waals surface area contributed by atoms with Crippen LogP contribution in [0.1, 0.15) is 43.3 Å².